The molecule has 0 aromatic heterocycles. The van der Waals surface area contributed by atoms with Crippen LogP contribution in [0.4, 0.5) is 0 Å². The summed E-state index contributed by atoms with van der Waals surface area (Å²) in [6.45, 7) is -0.125. The highest BCUT2D eigenvalue weighted by atomic mass is 16.4. The van der Waals surface area contributed by atoms with Gasteiger partial charge < -0.3 is 54.2 Å². The molecule has 0 spiro atoms. The summed E-state index contributed by atoms with van der Waals surface area (Å²) in [7, 11) is 0. The van der Waals surface area contributed by atoms with Gasteiger partial charge in [0.25, 0.3) is 0 Å². The van der Waals surface area contributed by atoms with Gasteiger partial charge in [0.2, 0.25) is 17.7 Å². The maximum absolute atomic E-state index is 13.3. The van der Waals surface area contributed by atoms with E-state index in [0.29, 0.717) is 24.9 Å². The number of nitrogens with zero attached hydrogens (tertiary/aromatic N) is 1. The number of hydrogen-bond acceptors (Lipinski definition) is 9. The van der Waals surface area contributed by atoms with Gasteiger partial charge in [0.05, 0.1) is 6.61 Å². The van der Waals surface area contributed by atoms with Crippen molar-refractivity contribution in [3.05, 3.63) is 29.8 Å². The molecular weight excluding hydrogens is 512 g/mol. The molecule has 3 amide bonds. The summed E-state index contributed by atoms with van der Waals surface area (Å²) in [6.07, 6.45) is 1.48. The summed E-state index contributed by atoms with van der Waals surface area (Å²) in [4.78, 5) is 54.2. The number of hydrogen-bond donors (Lipinski definition) is 10. The Bertz CT molecular complexity index is 970. The number of benzene rings is 1. The number of aliphatic hydroxyl groups excluding tert-OH is 1. The Morgan fingerprint density at radius 1 is 0.846 bits per heavy atom. The lowest BCUT2D eigenvalue weighted by Crippen LogP contribution is -2.58. The highest BCUT2D eigenvalue weighted by Gasteiger charge is 2.30. The van der Waals surface area contributed by atoms with Gasteiger partial charge in [-0.05, 0) is 56.3 Å². The molecule has 218 valence electrons. The predicted molar refractivity (Wildman–Crippen MR) is 143 cm³/mol. The molecule has 0 aliphatic heterocycles. The minimum Gasteiger partial charge on any atom is -0.508 e. The van der Waals surface area contributed by atoms with E-state index in [1.54, 1.807) is 12.1 Å². The average molecular weight is 553 g/mol. The largest absolute Gasteiger partial charge is 0.508 e. The molecular formula is C24H40N8O7. The fraction of sp³-hybridized carbons (Fsp3) is 0.542. The molecule has 1 aromatic carbocycles. The van der Waals surface area contributed by atoms with Crippen molar-refractivity contribution < 1.29 is 34.5 Å². The maximum atomic E-state index is 13.3. The van der Waals surface area contributed by atoms with E-state index in [1.807, 2.05) is 0 Å². The van der Waals surface area contributed by atoms with Crippen LogP contribution in [-0.4, -0.2) is 88.8 Å². The summed E-state index contributed by atoms with van der Waals surface area (Å²) >= 11 is 0. The standard InChI is InChI=1S/C24H40N8O7/c25-10-2-1-4-17(21(36)31-18(23(38)39)5-3-11-29-24(27)28)30-22(37)19(32-20(35)16(26)13-33)12-14-6-8-15(34)9-7-14/h6-9,16-19,33-34H,1-5,10-13,25-26H2,(H,30,37)(H,31,36)(H,32,35)(H,38,39)(H4,27,28,29). The number of carbonyl (C=O) groups is 4. The van der Waals surface area contributed by atoms with Crippen LogP contribution in [0.1, 0.15) is 37.7 Å². The second-order valence-corrected chi connectivity index (χ2v) is 8.91. The molecule has 0 saturated carbocycles. The van der Waals surface area contributed by atoms with Crippen molar-refractivity contribution in [1.29, 1.82) is 0 Å². The molecule has 4 unspecified atom stereocenters. The SMILES string of the molecule is NCCCCC(NC(=O)C(Cc1ccc(O)cc1)NC(=O)C(N)CO)C(=O)NC(CCCN=C(N)N)C(=O)O. The zero-order valence-corrected chi connectivity index (χ0v) is 21.7. The lowest BCUT2D eigenvalue weighted by molar-refractivity contribution is -0.142. The van der Waals surface area contributed by atoms with Crippen LogP contribution in [-0.2, 0) is 25.6 Å². The van der Waals surface area contributed by atoms with Gasteiger partial charge in [-0.1, -0.05) is 12.1 Å². The summed E-state index contributed by atoms with van der Waals surface area (Å²) in [5.41, 5.74) is 22.2. The lowest BCUT2D eigenvalue weighted by Gasteiger charge is -2.25. The Labute approximate surface area is 226 Å². The number of aromatic hydroxyl groups is 1. The van der Waals surface area contributed by atoms with Gasteiger partial charge >= 0.3 is 5.97 Å². The van der Waals surface area contributed by atoms with Crippen molar-refractivity contribution in [2.24, 2.45) is 27.9 Å². The zero-order chi connectivity index (χ0) is 29.4. The van der Waals surface area contributed by atoms with Crippen LogP contribution < -0.4 is 38.9 Å². The molecule has 15 heteroatoms. The quantitative estimate of drug-likeness (QED) is 0.0496. The molecule has 0 radical (unpaired) electrons. The van der Waals surface area contributed by atoms with Gasteiger partial charge in [0, 0.05) is 13.0 Å². The number of carbonyl (C=O) groups excluding carboxylic acids is 3. The van der Waals surface area contributed by atoms with Crippen molar-refractivity contribution in [1.82, 2.24) is 16.0 Å². The molecule has 1 rings (SSSR count). The Kier molecular flexibility index (Phi) is 14.9. The molecule has 0 saturated heterocycles. The monoisotopic (exact) mass is 552 g/mol. The molecule has 0 aliphatic rings. The molecule has 15 nitrogen and oxygen atoms in total. The van der Waals surface area contributed by atoms with Crippen LogP contribution in [0.5, 0.6) is 5.75 Å². The summed E-state index contributed by atoms with van der Waals surface area (Å²) in [6, 6.07) is 1.07. The normalized spacial score (nSPS) is 13.8. The third-order valence-electron chi connectivity index (χ3n) is 5.68. The second kappa shape index (κ2) is 17.5. The van der Waals surface area contributed by atoms with Gasteiger partial charge in [0.15, 0.2) is 5.96 Å². The van der Waals surface area contributed by atoms with Gasteiger partial charge in [-0.15, -0.1) is 0 Å². The minimum absolute atomic E-state index is 0.00834. The van der Waals surface area contributed by atoms with Gasteiger partial charge in [-0.25, -0.2) is 4.79 Å². The number of aliphatic hydroxyl groups is 1. The van der Waals surface area contributed by atoms with Crippen molar-refractivity contribution in [3.8, 4) is 5.75 Å². The molecule has 0 heterocycles. The number of aliphatic imine (C=N–C) groups is 1. The number of carboxylic acid groups (broad SMARTS) is 1. The lowest BCUT2D eigenvalue weighted by atomic mass is 10.0. The first-order chi connectivity index (χ1) is 18.5. The topological polar surface area (TPSA) is 282 Å². The van der Waals surface area contributed by atoms with E-state index in [9.17, 15) is 34.5 Å². The molecule has 0 bridgehead atoms. The van der Waals surface area contributed by atoms with E-state index >= 15 is 0 Å². The Hall–Kier alpha value is -3.95. The van der Waals surface area contributed by atoms with Crippen molar-refractivity contribution in [2.75, 3.05) is 19.7 Å². The van der Waals surface area contributed by atoms with Crippen molar-refractivity contribution in [3.63, 3.8) is 0 Å². The number of phenolic OH excluding ortho intramolecular Hbond substituents is 1. The molecule has 0 fully saturated rings. The van der Waals surface area contributed by atoms with E-state index in [2.05, 4.69) is 20.9 Å². The average Bonchev–Trinajstić information content (AvgIpc) is 2.89. The Morgan fingerprint density at radius 3 is 1.97 bits per heavy atom. The highest BCUT2D eigenvalue weighted by Crippen LogP contribution is 2.12. The van der Waals surface area contributed by atoms with Crippen molar-refractivity contribution >= 4 is 29.7 Å². The van der Waals surface area contributed by atoms with Crippen LogP contribution in [0.3, 0.4) is 0 Å². The molecule has 0 aliphatic carbocycles. The van der Waals surface area contributed by atoms with E-state index in [4.69, 9.17) is 22.9 Å². The highest BCUT2D eigenvalue weighted by molar-refractivity contribution is 5.94. The van der Waals surface area contributed by atoms with Crippen LogP contribution in [0.2, 0.25) is 0 Å². The number of nitrogens with two attached hydrogens (primary N) is 4. The summed E-state index contributed by atoms with van der Waals surface area (Å²) in [5, 5.41) is 35.8. The van der Waals surface area contributed by atoms with Crippen LogP contribution in [0.25, 0.3) is 0 Å². The van der Waals surface area contributed by atoms with E-state index in [-0.39, 0.29) is 43.9 Å². The molecule has 1 aromatic rings. The number of rotatable bonds is 18. The Morgan fingerprint density at radius 2 is 1.41 bits per heavy atom. The zero-order valence-electron chi connectivity index (χ0n) is 21.7. The fourth-order valence-electron chi connectivity index (χ4n) is 3.51. The first-order valence-corrected chi connectivity index (χ1v) is 12.5. The predicted octanol–water partition coefficient (Wildman–Crippen LogP) is -3.02. The number of amides is 3. The number of carboxylic acids is 1. The molecule has 14 N–H and O–H groups in total. The minimum atomic E-state index is -1.28. The van der Waals surface area contributed by atoms with Gasteiger partial charge in [-0.3, -0.25) is 19.4 Å². The number of phenols is 1. The number of unbranched alkanes of at least 4 members (excludes halogenated alkanes) is 1. The number of nitrogens with one attached hydrogen (secondary N) is 3. The van der Waals surface area contributed by atoms with E-state index in [1.165, 1.54) is 12.1 Å². The molecule has 4 atom stereocenters. The number of aliphatic carboxylic acids is 1. The van der Waals surface area contributed by atoms with Crippen LogP contribution >= 0.6 is 0 Å². The summed E-state index contributed by atoms with van der Waals surface area (Å²) in [5.74, 6) is -3.63. The number of guanidine groups is 1. The van der Waals surface area contributed by atoms with Gasteiger partial charge in [-0.2, -0.15) is 0 Å². The third kappa shape index (κ3) is 12.9. The van der Waals surface area contributed by atoms with Gasteiger partial charge in [0.1, 0.15) is 29.9 Å². The maximum Gasteiger partial charge on any atom is 0.326 e. The summed E-state index contributed by atoms with van der Waals surface area (Å²) < 4.78 is 0. The van der Waals surface area contributed by atoms with E-state index in [0.717, 1.165) is 0 Å². The third-order valence-corrected chi connectivity index (χ3v) is 5.68. The van der Waals surface area contributed by atoms with Crippen LogP contribution in [0.15, 0.2) is 29.3 Å². The fourth-order valence-corrected chi connectivity index (χ4v) is 3.51. The van der Waals surface area contributed by atoms with Crippen LogP contribution in [0, 0.1) is 0 Å². The first-order valence-electron chi connectivity index (χ1n) is 12.5. The second-order valence-electron chi connectivity index (χ2n) is 8.91. The Balaban J connectivity index is 3.06. The smallest absolute Gasteiger partial charge is 0.326 e. The first kappa shape index (κ1) is 33.1. The molecule has 39 heavy (non-hydrogen) atoms. The van der Waals surface area contributed by atoms with Crippen molar-refractivity contribution in [2.45, 2.75) is 62.7 Å². The van der Waals surface area contributed by atoms with E-state index < -0.39 is 54.5 Å².